The van der Waals surface area contributed by atoms with Crippen molar-refractivity contribution in [3.05, 3.63) is 22.5 Å². The van der Waals surface area contributed by atoms with E-state index in [-0.39, 0.29) is 17.3 Å². The highest BCUT2D eigenvalue weighted by molar-refractivity contribution is 6.24. The van der Waals surface area contributed by atoms with E-state index in [1.54, 1.807) is 6.92 Å². The number of carbonyl (C=O) groups excluding carboxylic acids is 2. The molecular formula is C12H16O3. The van der Waals surface area contributed by atoms with Crippen LogP contribution in [0.1, 0.15) is 33.6 Å². The van der Waals surface area contributed by atoms with Gasteiger partial charge < -0.3 is 4.74 Å². The Morgan fingerprint density at radius 3 is 1.87 bits per heavy atom. The van der Waals surface area contributed by atoms with Crippen molar-refractivity contribution < 1.29 is 14.3 Å². The standard InChI is InChI=1S/C12H16O3/c1-5-8-9(6-2)11(14)12(15-4)7(3)10(8)13/h5-6H2,1-4H3. The lowest BCUT2D eigenvalue weighted by Gasteiger charge is -2.19. The van der Waals surface area contributed by atoms with Crippen LogP contribution in [0.25, 0.3) is 0 Å². The first-order chi connectivity index (χ1) is 7.08. The fourth-order valence-corrected chi connectivity index (χ4v) is 1.90. The van der Waals surface area contributed by atoms with Gasteiger partial charge in [0.2, 0.25) is 5.78 Å². The van der Waals surface area contributed by atoms with Crippen LogP contribution in [0.5, 0.6) is 0 Å². The smallest absolute Gasteiger partial charge is 0.224 e. The summed E-state index contributed by atoms with van der Waals surface area (Å²) in [5.41, 5.74) is 1.67. The van der Waals surface area contributed by atoms with Crippen LogP contribution in [0, 0.1) is 0 Å². The zero-order chi connectivity index (χ0) is 11.6. The van der Waals surface area contributed by atoms with Gasteiger partial charge in [-0.3, -0.25) is 9.59 Å². The van der Waals surface area contributed by atoms with E-state index >= 15 is 0 Å². The van der Waals surface area contributed by atoms with Crippen molar-refractivity contribution in [3.8, 4) is 0 Å². The summed E-state index contributed by atoms with van der Waals surface area (Å²) < 4.78 is 4.99. The first kappa shape index (κ1) is 11.7. The molecule has 0 aromatic heterocycles. The molecule has 3 heteroatoms. The molecule has 0 spiro atoms. The van der Waals surface area contributed by atoms with Crippen molar-refractivity contribution in [2.24, 2.45) is 0 Å². The maximum absolute atomic E-state index is 11.9. The molecule has 0 bridgehead atoms. The number of allylic oxidation sites excluding steroid dienone is 3. The molecule has 0 saturated heterocycles. The van der Waals surface area contributed by atoms with Crippen LogP contribution < -0.4 is 0 Å². The van der Waals surface area contributed by atoms with E-state index in [2.05, 4.69) is 0 Å². The van der Waals surface area contributed by atoms with Gasteiger partial charge in [-0.15, -0.1) is 0 Å². The van der Waals surface area contributed by atoms with E-state index in [0.717, 1.165) is 0 Å². The topological polar surface area (TPSA) is 43.4 Å². The maximum atomic E-state index is 11.9. The molecule has 0 unspecified atom stereocenters. The van der Waals surface area contributed by atoms with E-state index in [0.29, 0.717) is 29.6 Å². The highest BCUT2D eigenvalue weighted by Gasteiger charge is 2.31. The minimum Gasteiger partial charge on any atom is -0.492 e. The van der Waals surface area contributed by atoms with Crippen LogP contribution in [0.15, 0.2) is 22.5 Å². The molecule has 0 heterocycles. The Hall–Kier alpha value is -1.38. The Balaban J connectivity index is 3.31. The lowest BCUT2D eigenvalue weighted by molar-refractivity contribution is -0.119. The molecule has 0 radical (unpaired) electrons. The monoisotopic (exact) mass is 208 g/mol. The predicted octanol–water partition coefficient (Wildman–Crippen LogP) is 2.18. The summed E-state index contributed by atoms with van der Waals surface area (Å²) in [4.78, 5) is 23.8. The second-order valence-electron chi connectivity index (χ2n) is 3.48. The SMILES string of the molecule is CCC1=C(CC)C(=O)C(OC)=C(C)C1=O. The fraction of sp³-hybridized carbons (Fsp3) is 0.500. The molecule has 3 nitrogen and oxygen atoms in total. The van der Waals surface area contributed by atoms with E-state index in [9.17, 15) is 9.59 Å². The third kappa shape index (κ3) is 1.74. The van der Waals surface area contributed by atoms with Gasteiger partial charge in [-0.05, 0) is 19.8 Å². The number of hydrogen-bond acceptors (Lipinski definition) is 3. The molecule has 0 aromatic carbocycles. The van der Waals surface area contributed by atoms with Gasteiger partial charge in [0.05, 0.1) is 7.11 Å². The molecule has 1 aliphatic carbocycles. The van der Waals surface area contributed by atoms with Gasteiger partial charge in [-0.1, -0.05) is 13.8 Å². The number of rotatable bonds is 3. The van der Waals surface area contributed by atoms with Crippen molar-refractivity contribution in [2.45, 2.75) is 33.6 Å². The van der Waals surface area contributed by atoms with Crippen LogP contribution in [-0.4, -0.2) is 18.7 Å². The largest absolute Gasteiger partial charge is 0.492 e. The highest BCUT2D eigenvalue weighted by Crippen LogP contribution is 2.28. The molecule has 0 aromatic rings. The zero-order valence-electron chi connectivity index (χ0n) is 9.64. The molecule has 0 amide bonds. The number of ether oxygens (including phenoxy) is 1. The van der Waals surface area contributed by atoms with Gasteiger partial charge in [-0.25, -0.2) is 0 Å². The molecular weight excluding hydrogens is 192 g/mol. The molecule has 0 N–H and O–H groups in total. The minimum atomic E-state index is -0.131. The second-order valence-corrected chi connectivity index (χ2v) is 3.48. The average molecular weight is 208 g/mol. The summed E-state index contributed by atoms with van der Waals surface area (Å²) >= 11 is 0. The summed E-state index contributed by atoms with van der Waals surface area (Å²) in [5.74, 6) is 0.0220. The average Bonchev–Trinajstić information content (AvgIpc) is 2.23. The van der Waals surface area contributed by atoms with Gasteiger partial charge in [0.15, 0.2) is 11.5 Å². The molecule has 1 rings (SSSR count). The quantitative estimate of drug-likeness (QED) is 0.667. The summed E-state index contributed by atoms with van der Waals surface area (Å²) in [6.07, 6.45) is 1.18. The molecule has 15 heavy (non-hydrogen) atoms. The van der Waals surface area contributed by atoms with Crippen molar-refractivity contribution >= 4 is 11.6 Å². The van der Waals surface area contributed by atoms with Gasteiger partial charge in [0.1, 0.15) is 0 Å². The van der Waals surface area contributed by atoms with Crippen LogP contribution in [-0.2, 0) is 14.3 Å². The van der Waals surface area contributed by atoms with E-state index in [1.807, 2.05) is 13.8 Å². The third-order valence-electron chi connectivity index (χ3n) is 2.71. The van der Waals surface area contributed by atoms with Crippen LogP contribution in [0.2, 0.25) is 0 Å². The van der Waals surface area contributed by atoms with Crippen molar-refractivity contribution in [1.82, 2.24) is 0 Å². The van der Waals surface area contributed by atoms with Gasteiger partial charge in [-0.2, -0.15) is 0 Å². The van der Waals surface area contributed by atoms with Gasteiger partial charge in [0, 0.05) is 16.7 Å². The normalized spacial score (nSPS) is 17.6. The van der Waals surface area contributed by atoms with E-state index in [1.165, 1.54) is 7.11 Å². The molecule has 1 aliphatic rings. The minimum absolute atomic E-state index is 0.0502. The fourth-order valence-electron chi connectivity index (χ4n) is 1.90. The maximum Gasteiger partial charge on any atom is 0.224 e. The van der Waals surface area contributed by atoms with E-state index in [4.69, 9.17) is 4.74 Å². The lowest BCUT2D eigenvalue weighted by atomic mass is 9.86. The van der Waals surface area contributed by atoms with Gasteiger partial charge >= 0.3 is 0 Å². The Kier molecular flexibility index (Phi) is 3.45. The summed E-state index contributed by atoms with van der Waals surface area (Å²) in [6, 6.07) is 0. The van der Waals surface area contributed by atoms with Crippen LogP contribution in [0.4, 0.5) is 0 Å². The molecule has 82 valence electrons. The van der Waals surface area contributed by atoms with Crippen LogP contribution in [0.3, 0.4) is 0 Å². The lowest BCUT2D eigenvalue weighted by Crippen LogP contribution is -2.23. The number of carbonyl (C=O) groups is 2. The Labute approximate surface area is 89.8 Å². The first-order valence-corrected chi connectivity index (χ1v) is 5.14. The Morgan fingerprint density at radius 2 is 1.47 bits per heavy atom. The zero-order valence-corrected chi connectivity index (χ0v) is 9.64. The first-order valence-electron chi connectivity index (χ1n) is 5.14. The van der Waals surface area contributed by atoms with Crippen LogP contribution >= 0.6 is 0 Å². The van der Waals surface area contributed by atoms with Crippen molar-refractivity contribution in [3.63, 3.8) is 0 Å². The summed E-state index contributed by atoms with van der Waals surface area (Å²) in [7, 11) is 1.42. The molecule has 0 fully saturated rings. The number of hydrogen-bond donors (Lipinski definition) is 0. The molecule has 0 aliphatic heterocycles. The summed E-state index contributed by atoms with van der Waals surface area (Å²) in [5, 5.41) is 0. The van der Waals surface area contributed by atoms with Crippen molar-refractivity contribution in [2.75, 3.05) is 7.11 Å². The molecule has 0 saturated carbocycles. The Morgan fingerprint density at radius 1 is 1.00 bits per heavy atom. The number of Topliss-reactive ketones (excluding diaryl/α,β-unsaturated/α-hetero) is 2. The predicted molar refractivity (Wildman–Crippen MR) is 57.3 cm³/mol. The van der Waals surface area contributed by atoms with Gasteiger partial charge in [0.25, 0.3) is 0 Å². The van der Waals surface area contributed by atoms with E-state index < -0.39 is 0 Å². The number of ketones is 2. The third-order valence-corrected chi connectivity index (χ3v) is 2.71. The molecule has 0 atom stereocenters. The summed E-state index contributed by atoms with van der Waals surface area (Å²) in [6.45, 7) is 5.41. The Bertz CT molecular complexity index is 372. The number of methoxy groups -OCH3 is 1. The highest BCUT2D eigenvalue weighted by atomic mass is 16.5. The second kappa shape index (κ2) is 4.43. The van der Waals surface area contributed by atoms with Crippen molar-refractivity contribution in [1.29, 1.82) is 0 Å².